The Morgan fingerprint density at radius 2 is 1.86 bits per heavy atom. The first-order valence-electron chi connectivity index (χ1n) is 8.39. The van der Waals surface area contributed by atoms with E-state index < -0.39 is 12.6 Å². The van der Waals surface area contributed by atoms with E-state index in [1.807, 2.05) is 50.1 Å². The number of esters is 1. The number of benzene rings is 1. The van der Waals surface area contributed by atoms with Gasteiger partial charge in [0.1, 0.15) is 0 Å². The van der Waals surface area contributed by atoms with Gasteiger partial charge in [-0.1, -0.05) is 66.8 Å². The Kier molecular flexibility index (Phi) is 5.71. The minimum Gasteiger partial charge on any atom is -0.453 e. The zero-order chi connectivity index (χ0) is 20.6. The summed E-state index contributed by atoms with van der Waals surface area (Å²) in [4.78, 5) is 30.4. The van der Waals surface area contributed by atoms with Crippen molar-refractivity contribution in [2.24, 2.45) is 0 Å². The quantitative estimate of drug-likeness (QED) is 0.491. The highest BCUT2D eigenvalue weighted by Gasteiger charge is 2.38. The first-order chi connectivity index (χ1) is 13.1. The van der Waals surface area contributed by atoms with Crippen LogP contribution < -0.4 is 4.90 Å². The summed E-state index contributed by atoms with van der Waals surface area (Å²) in [5, 5.41) is 0.0120. The molecule has 0 spiro atoms. The number of halogens is 3. The van der Waals surface area contributed by atoms with E-state index in [0.29, 0.717) is 0 Å². The Morgan fingerprint density at radius 1 is 1.18 bits per heavy atom. The monoisotopic (exact) mass is 438 g/mol. The molecule has 2 heterocycles. The second-order valence-corrected chi connectivity index (χ2v) is 8.02. The average molecular weight is 440 g/mol. The zero-order valence-corrected chi connectivity index (χ0v) is 17.7. The van der Waals surface area contributed by atoms with Gasteiger partial charge in [-0.2, -0.15) is 0 Å². The van der Waals surface area contributed by atoms with Gasteiger partial charge in [0.2, 0.25) is 0 Å². The van der Waals surface area contributed by atoms with Crippen molar-refractivity contribution in [3.8, 4) is 0 Å². The minimum atomic E-state index is -0.849. The van der Waals surface area contributed by atoms with Crippen LogP contribution in [-0.4, -0.2) is 30.4 Å². The molecule has 28 heavy (non-hydrogen) atoms. The fourth-order valence-electron chi connectivity index (χ4n) is 3.24. The third-order valence-electron chi connectivity index (χ3n) is 4.69. The molecule has 0 radical (unpaired) electrons. The average Bonchev–Trinajstić information content (AvgIpc) is 2.85. The lowest BCUT2D eigenvalue weighted by Gasteiger charge is -2.23. The molecule has 1 aromatic heterocycles. The fourth-order valence-corrected chi connectivity index (χ4v) is 3.80. The number of ketones is 1. The van der Waals surface area contributed by atoms with Crippen molar-refractivity contribution in [3.63, 3.8) is 0 Å². The SMILES string of the molecule is CN1/C(=C\C(=O)COC(=O)c2ncc(Cl)c(Cl)c2Cl)C(C)(C)c2ccccc21. The number of nitrogens with zero attached hydrogens (tertiary/aromatic N) is 2. The van der Waals surface area contributed by atoms with Crippen molar-refractivity contribution in [3.05, 3.63) is 68.6 Å². The van der Waals surface area contributed by atoms with E-state index in [0.717, 1.165) is 16.9 Å². The Bertz CT molecular complexity index is 1000. The Morgan fingerprint density at radius 3 is 2.54 bits per heavy atom. The Hall–Kier alpha value is -2.08. The van der Waals surface area contributed by atoms with Crippen LogP contribution in [0.4, 0.5) is 5.69 Å². The van der Waals surface area contributed by atoms with Gasteiger partial charge in [-0.15, -0.1) is 0 Å². The predicted octanol–water partition coefficient (Wildman–Crippen LogP) is 5.08. The molecule has 3 rings (SSSR count). The van der Waals surface area contributed by atoms with Crippen LogP contribution in [0.5, 0.6) is 0 Å². The lowest BCUT2D eigenvalue weighted by atomic mass is 9.83. The molecule has 0 N–H and O–H groups in total. The Balaban J connectivity index is 1.74. The number of para-hydroxylation sites is 1. The number of hydrogen-bond donors (Lipinski definition) is 0. The molecule has 0 bridgehead atoms. The number of rotatable bonds is 4. The maximum Gasteiger partial charge on any atom is 0.358 e. The van der Waals surface area contributed by atoms with Gasteiger partial charge in [0, 0.05) is 36.1 Å². The summed E-state index contributed by atoms with van der Waals surface area (Å²) >= 11 is 17.7. The summed E-state index contributed by atoms with van der Waals surface area (Å²) in [6.07, 6.45) is 2.69. The van der Waals surface area contributed by atoms with Crippen LogP contribution in [0.1, 0.15) is 29.9 Å². The first-order valence-corrected chi connectivity index (χ1v) is 9.53. The molecule has 146 valence electrons. The number of pyridine rings is 1. The van der Waals surface area contributed by atoms with Crippen LogP contribution in [0.25, 0.3) is 0 Å². The number of anilines is 1. The van der Waals surface area contributed by atoms with Gasteiger partial charge in [0.15, 0.2) is 18.1 Å². The van der Waals surface area contributed by atoms with Gasteiger partial charge in [-0.25, -0.2) is 9.78 Å². The second kappa shape index (κ2) is 7.74. The summed E-state index contributed by atoms with van der Waals surface area (Å²) in [5.41, 5.74) is 2.44. The smallest absolute Gasteiger partial charge is 0.358 e. The van der Waals surface area contributed by atoms with Crippen molar-refractivity contribution in [2.45, 2.75) is 19.3 Å². The largest absolute Gasteiger partial charge is 0.453 e. The highest BCUT2D eigenvalue weighted by atomic mass is 35.5. The van der Waals surface area contributed by atoms with Crippen molar-refractivity contribution in [1.82, 2.24) is 4.98 Å². The summed E-state index contributed by atoms with van der Waals surface area (Å²) < 4.78 is 5.06. The predicted molar refractivity (Wildman–Crippen MR) is 111 cm³/mol. The second-order valence-electron chi connectivity index (χ2n) is 6.86. The van der Waals surface area contributed by atoms with Gasteiger partial charge < -0.3 is 9.64 Å². The zero-order valence-electron chi connectivity index (χ0n) is 15.4. The fraction of sp³-hybridized carbons (Fsp3) is 0.250. The highest BCUT2D eigenvalue weighted by molar-refractivity contribution is 6.48. The van der Waals surface area contributed by atoms with Crippen molar-refractivity contribution >= 4 is 52.2 Å². The van der Waals surface area contributed by atoms with E-state index in [2.05, 4.69) is 4.98 Å². The van der Waals surface area contributed by atoms with Crippen LogP contribution in [0.3, 0.4) is 0 Å². The number of carbonyl (C=O) groups is 2. The molecule has 0 saturated carbocycles. The van der Waals surface area contributed by atoms with E-state index in [-0.39, 0.29) is 32.0 Å². The lowest BCUT2D eigenvalue weighted by Crippen LogP contribution is -2.25. The number of fused-ring (bicyclic) bond motifs is 1. The van der Waals surface area contributed by atoms with Crippen molar-refractivity contribution in [1.29, 1.82) is 0 Å². The van der Waals surface area contributed by atoms with Crippen molar-refractivity contribution in [2.75, 3.05) is 18.6 Å². The number of ether oxygens (including phenoxy) is 1. The van der Waals surface area contributed by atoms with Gasteiger partial charge in [-0.3, -0.25) is 4.79 Å². The molecule has 0 saturated heterocycles. The van der Waals surface area contributed by atoms with Crippen LogP contribution in [0.2, 0.25) is 15.1 Å². The normalized spacial score (nSPS) is 16.2. The number of carbonyl (C=O) groups excluding carboxylic acids is 2. The third kappa shape index (κ3) is 3.62. The van der Waals surface area contributed by atoms with Crippen LogP contribution >= 0.6 is 34.8 Å². The minimum absolute atomic E-state index is 0.00539. The summed E-state index contributed by atoms with van der Waals surface area (Å²) in [6, 6.07) is 7.95. The van der Waals surface area contributed by atoms with E-state index in [1.54, 1.807) is 0 Å². The van der Waals surface area contributed by atoms with E-state index in [9.17, 15) is 9.59 Å². The molecule has 1 aliphatic heterocycles. The number of allylic oxidation sites excluding steroid dienone is 1. The lowest BCUT2D eigenvalue weighted by molar-refractivity contribution is -0.117. The topological polar surface area (TPSA) is 59.5 Å². The molecular weight excluding hydrogens is 423 g/mol. The van der Waals surface area contributed by atoms with E-state index in [1.165, 1.54) is 12.3 Å². The standard InChI is InChI=1S/C20H17Cl3N2O3/c1-20(2)12-6-4-5-7-14(12)25(3)15(20)8-11(26)10-28-19(27)18-17(23)16(22)13(21)9-24-18/h4-9H,10H2,1-3H3/b15-8-. The molecule has 0 fully saturated rings. The van der Waals surface area contributed by atoms with Gasteiger partial charge in [-0.05, 0) is 11.6 Å². The number of aromatic nitrogens is 1. The molecule has 1 aromatic carbocycles. The van der Waals surface area contributed by atoms with E-state index >= 15 is 0 Å². The molecule has 1 aliphatic rings. The summed E-state index contributed by atoms with van der Waals surface area (Å²) in [5.74, 6) is -1.20. The van der Waals surface area contributed by atoms with Crippen LogP contribution in [-0.2, 0) is 14.9 Å². The molecule has 0 aliphatic carbocycles. The third-order valence-corrected chi connectivity index (χ3v) is 5.93. The molecule has 5 nitrogen and oxygen atoms in total. The molecule has 0 amide bonds. The summed E-state index contributed by atoms with van der Waals surface area (Å²) in [7, 11) is 1.90. The van der Waals surface area contributed by atoms with Gasteiger partial charge >= 0.3 is 5.97 Å². The number of likely N-dealkylation sites (N-methyl/N-ethyl adjacent to an activating group) is 1. The molecule has 0 atom stereocenters. The molecular formula is C20H17Cl3N2O3. The highest BCUT2D eigenvalue weighted by Crippen LogP contribution is 2.46. The van der Waals surface area contributed by atoms with Crippen molar-refractivity contribution < 1.29 is 14.3 Å². The van der Waals surface area contributed by atoms with Gasteiger partial charge in [0.25, 0.3) is 0 Å². The maximum absolute atomic E-state index is 12.4. The summed E-state index contributed by atoms with van der Waals surface area (Å²) in [6.45, 7) is 3.64. The van der Waals surface area contributed by atoms with Crippen LogP contribution in [0, 0.1) is 0 Å². The number of hydrogen-bond acceptors (Lipinski definition) is 5. The van der Waals surface area contributed by atoms with Gasteiger partial charge in [0.05, 0.1) is 15.1 Å². The molecule has 8 heteroatoms. The molecule has 0 unspecified atom stereocenters. The molecule has 2 aromatic rings. The Labute approximate surface area is 177 Å². The first kappa shape index (κ1) is 20.6. The maximum atomic E-state index is 12.4. The van der Waals surface area contributed by atoms with Crippen LogP contribution in [0.15, 0.2) is 42.2 Å². The van der Waals surface area contributed by atoms with E-state index in [4.69, 9.17) is 39.5 Å².